The number of carbonyl (C=O) groups is 2. The first-order valence-electron chi connectivity index (χ1n) is 5.39. The molecular weight excluding hydrogens is 192 g/mol. The van der Waals surface area contributed by atoms with Crippen molar-refractivity contribution in [3.05, 3.63) is 11.6 Å². The molecule has 1 aliphatic heterocycles. The molecule has 4 nitrogen and oxygen atoms in total. The summed E-state index contributed by atoms with van der Waals surface area (Å²) < 4.78 is 0. The Kier molecular flexibility index (Phi) is 3.88. The maximum Gasteiger partial charge on any atom is 0.247 e. The van der Waals surface area contributed by atoms with Crippen molar-refractivity contribution in [2.75, 3.05) is 6.54 Å². The minimum atomic E-state index is -0.455. The van der Waals surface area contributed by atoms with Crippen LogP contribution in [0.25, 0.3) is 0 Å². The molecule has 0 aromatic rings. The molecule has 0 bridgehead atoms. The van der Waals surface area contributed by atoms with E-state index < -0.39 is 11.9 Å². The normalized spacial score (nSPS) is 17.9. The van der Waals surface area contributed by atoms with Crippen molar-refractivity contribution >= 4 is 11.8 Å². The maximum absolute atomic E-state index is 11.6. The Balaban J connectivity index is 2.68. The predicted octanol–water partition coefficient (Wildman–Crippen LogP) is 0.819. The lowest BCUT2D eigenvalue weighted by Gasteiger charge is -2.24. The minimum Gasteiger partial charge on any atom is -0.368 e. The molecule has 0 fully saturated rings. The summed E-state index contributed by atoms with van der Waals surface area (Å²) in [5.74, 6) is -0.499. The molecule has 15 heavy (non-hydrogen) atoms. The minimum absolute atomic E-state index is 0.0795. The number of primary amides is 1. The van der Waals surface area contributed by atoms with E-state index in [1.807, 2.05) is 6.92 Å². The average Bonchev–Trinajstić information content (AvgIpc) is 2.49. The molecule has 0 saturated carbocycles. The van der Waals surface area contributed by atoms with Crippen LogP contribution >= 0.6 is 0 Å². The molecule has 84 valence electrons. The number of amides is 2. The Morgan fingerprint density at radius 3 is 2.73 bits per heavy atom. The second-order valence-corrected chi connectivity index (χ2v) is 3.85. The van der Waals surface area contributed by atoms with Gasteiger partial charge in [0.25, 0.3) is 0 Å². The van der Waals surface area contributed by atoms with E-state index in [-0.39, 0.29) is 5.91 Å². The molecule has 0 aromatic heterocycles. The summed E-state index contributed by atoms with van der Waals surface area (Å²) in [5.41, 5.74) is 6.35. The SMILES string of the molecule is CCCC1=CC(=O)N([C@H](CC)C(N)=O)C1. The first-order chi connectivity index (χ1) is 7.10. The summed E-state index contributed by atoms with van der Waals surface area (Å²) in [6.07, 6.45) is 4.14. The molecule has 1 aliphatic rings. The third-order valence-corrected chi connectivity index (χ3v) is 2.65. The summed E-state index contributed by atoms with van der Waals surface area (Å²) in [6.45, 7) is 4.49. The molecule has 0 radical (unpaired) electrons. The van der Waals surface area contributed by atoms with Crippen LogP contribution < -0.4 is 5.73 Å². The van der Waals surface area contributed by atoms with Crippen LogP contribution in [0.5, 0.6) is 0 Å². The van der Waals surface area contributed by atoms with Gasteiger partial charge in [0.1, 0.15) is 6.04 Å². The Morgan fingerprint density at radius 2 is 2.27 bits per heavy atom. The van der Waals surface area contributed by atoms with Crippen LogP contribution in [0, 0.1) is 0 Å². The van der Waals surface area contributed by atoms with E-state index >= 15 is 0 Å². The average molecular weight is 210 g/mol. The number of nitrogens with two attached hydrogens (primary N) is 1. The van der Waals surface area contributed by atoms with Crippen LogP contribution in [0.1, 0.15) is 33.1 Å². The molecule has 0 unspecified atom stereocenters. The van der Waals surface area contributed by atoms with Gasteiger partial charge in [-0.1, -0.05) is 20.3 Å². The molecule has 2 N–H and O–H groups in total. The van der Waals surface area contributed by atoms with Gasteiger partial charge in [0, 0.05) is 12.6 Å². The smallest absolute Gasteiger partial charge is 0.247 e. The zero-order valence-electron chi connectivity index (χ0n) is 9.32. The molecular formula is C11H18N2O2. The highest BCUT2D eigenvalue weighted by Gasteiger charge is 2.30. The third-order valence-electron chi connectivity index (χ3n) is 2.65. The van der Waals surface area contributed by atoms with Crippen LogP contribution in [0.3, 0.4) is 0 Å². The number of carbonyl (C=O) groups excluding carboxylic acids is 2. The van der Waals surface area contributed by atoms with Gasteiger partial charge in [0.05, 0.1) is 0 Å². The van der Waals surface area contributed by atoms with Gasteiger partial charge in [-0.25, -0.2) is 0 Å². The van der Waals surface area contributed by atoms with Crippen molar-refractivity contribution in [3.8, 4) is 0 Å². The monoisotopic (exact) mass is 210 g/mol. The van der Waals surface area contributed by atoms with Crippen molar-refractivity contribution in [1.29, 1.82) is 0 Å². The molecule has 4 heteroatoms. The van der Waals surface area contributed by atoms with Gasteiger partial charge in [0.15, 0.2) is 0 Å². The van der Waals surface area contributed by atoms with Gasteiger partial charge in [0.2, 0.25) is 11.8 Å². The lowest BCUT2D eigenvalue weighted by Crippen LogP contribution is -2.45. The molecule has 0 aliphatic carbocycles. The summed E-state index contributed by atoms with van der Waals surface area (Å²) in [7, 11) is 0. The van der Waals surface area contributed by atoms with Gasteiger partial charge in [-0.15, -0.1) is 0 Å². The molecule has 1 heterocycles. The first-order valence-corrected chi connectivity index (χ1v) is 5.39. The first kappa shape index (κ1) is 11.8. The third kappa shape index (κ3) is 2.58. The van der Waals surface area contributed by atoms with Gasteiger partial charge in [-0.2, -0.15) is 0 Å². The summed E-state index contributed by atoms with van der Waals surface area (Å²) >= 11 is 0. The Morgan fingerprint density at radius 1 is 1.60 bits per heavy atom. The molecule has 0 saturated heterocycles. The van der Waals surface area contributed by atoms with E-state index in [0.717, 1.165) is 18.4 Å². The van der Waals surface area contributed by atoms with Crippen molar-refractivity contribution in [2.24, 2.45) is 5.73 Å². The highest BCUT2D eigenvalue weighted by Crippen LogP contribution is 2.19. The van der Waals surface area contributed by atoms with Crippen molar-refractivity contribution in [3.63, 3.8) is 0 Å². The second-order valence-electron chi connectivity index (χ2n) is 3.85. The fourth-order valence-corrected chi connectivity index (χ4v) is 1.91. The molecule has 1 atom stereocenters. The van der Waals surface area contributed by atoms with E-state index in [0.29, 0.717) is 13.0 Å². The lowest BCUT2D eigenvalue weighted by atomic mass is 10.1. The zero-order valence-corrected chi connectivity index (χ0v) is 9.32. The molecule has 1 rings (SSSR count). The van der Waals surface area contributed by atoms with Gasteiger partial charge in [-0.05, 0) is 18.4 Å². The van der Waals surface area contributed by atoms with E-state index in [4.69, 9.17) is 5.73 Å². The van der Waals surface area contributed by atoms with Crippen molar-refractivity contribution in [1.82, 2.24) is 4.90 Å². The van der Waals surface area contributed by atoms with Crippen molar-refractivity contribution < 1.29 is 9.59 Å². The molecule has 0 aromatic carbocycles. The maximum atomic E-state index is 11.6. The predicted molar refractivity (Wildman–Crippen MR) is 58.0 cm³/mol. The highest BCUT2D eigenvalue weighted by molar-refractivity contribution is 5.95. The molecule has 0 spiro atoms. The van der Waals surface area contributed by atoms with Gasteiger partial charge in [-0.3, -0.25) is 9.59 Å². The highest BCUT2D eigenvalue weighted by atomic mass is 16.2. The van der Waals surface area contributed by atoms with Gasteiger partial charge >= 0.3 is 0 Å². The quantitative estimate of drug-likeness (QED) is 0.730. The van der Waals surface area contributed by atoms with Crippen LogP contribution in [0.4, 0.5) is 0 Å². The van der Waals surface area contributed by atoms with Crippen LogP contribution in [0.15, 0.2) is 11.6 Å². The van der Waals surface area contributed by atoms with Crippen molar-refractivity contribution in [2.45, 2.75) is 39.2 Å². The van der Waals surface area contributed by atoms with E-state index in [1.54, 1.807) is 11.0 Å². The van der Waals surface area contributed by atoms with Crippen LogP contribution in [0.2, 0.25) is 0 Å². The fourth-order valence-electron chi connectivity index (χ4n) is 1.91. The largest absolute Gasteiger partial charge is 0.368 e. The summed E-state index contributed by atoms with van der Waals surface area (Å²) in [5, 5.41) is 0. The summed E-state index contributed by atoms with van der Waals surface area (Å²) in [4.78, 5) is 24.3. The van der Waals surface area contributed by atoms with E-state index in [9.17, 15) is 9.59 Å². The van der Waals surface area contributed by atoms with Crippen LogP contribution in [-0.2, 0) is 9.59 Å². The Labute approximate surface area is 90.1 Å². The lowest BCUT2D eigenvalue weighted by molar-refractivity contribution is -0.134. The number of rotatable bonds is 5. The molecule has 2 amide bonds. The topological polar surface area (TPSA) is 63.4 Å². The van der Waals surface area contributed by atoms with E-state index in [1.165, 1.54) is 0 Å². The number of nitrogens with zero attached hydrogens (tertiary/aromatic N) is 1. The van der Waals surface area contributed by atoms with Gasteiger partial charge < -0.3 is 10.6 Å². The Bertz CT molecular complexity index is 297. The number of hydrogen-bond donors (Lipinski definition) is 1. The standard InChI is InChI=1S/C11H18N2O2/c1-3-5-8-6-10(14)13(7-8)9(4-2)11(12)15/h6,9H,3-5,7H2,1-2H3,(H2,12,15)/t9-/m1/s1. The van der Waals surface area contributed by atoms with Crippen LogP contribution in [-0.4, -0.2) is 29.3 Å². The summed E-state index contributed by atoms with van der Waals surface area (Å²) in [6, 6.07) is -0.455. The fraction of sp³-hybridized carbons (Fsp3) is 0.636. The number of hydrogen-bond acceptors (Lipinski definition) is 2. The second kappa shape index (κ2) is 4.96. The zero-order chi connectivity index (χ0) is 11.4. The Hall–Kier alpha value is -1.32. The van der Waals surface area contributed by atoms with E-state index in [2.05, 4.69) is 6.92 Å².